The summed E-state index contributed by atoms with van der Waals surface area (Å²) in [5.41, 5.74) is 0.489. The van der Waals surface area contributed by atoms with Crippen molar-refractivity contribution in [2.45, 2.75) is 25.8 Å². The molecule has 1 aliphatic carbocycles. The van der Waals surface area contributed by atoms with E-state index in [2.05, 4.69) is 6.92 Å². The maximum atomic E-state index is 12.2. The van der Waals surface area contributed by atoms with E-state index in [9.17, 15) is 9.90 Å². The van der Waals surface area contributed by atoms with Crippen LogP contribution in [0.2, 0.25) is 0 Å². The van der Waals surface area contributed by atoms with E-state index in [0.717, 1.165) is 0 Å². The first-order valence-corrected chi connectivity index (χ1v) is 6.18. The number of hydrogen-bond acceptors (Lipinski definition) is 3. The Morgan fingerprint density at radius 1 is 1.50 bits per heavy atom. The number of carbonyl (C=O) groups is 1. The molecule has 0 aliphatic heterocycles. The number of hydrogen-bond donors (Lipinski definition) is 1. The van der Waals surface area contributed by atoms with Gasteiger partial charge < -0.3 is 14.7 Å². The quantitative estimate of drug-likeness (QED) is 0.890. The number of methoxy groups -OCH3 is 1. The Bertz CT molecular complexity index is 454. The molecule has 0 spiro atoms. The highest BCUT2D eigenvalue weighted by atomic mass is 16.5. The SMILES string of the molecule is COc1ccc(C(=O)N(C)C(C)C2CC2)cc1O. The first kappa shape index (κ1) is 12.7. The first-order valence-electron chi connectivity index (χ1n) is 6.18. The topological polar surface area (TPSA) is 49.8 Å². The molecule has 1 N–H and O–H groups in total. The highest BCUT2D eigenvalue weighted by molar-refractivity contribution is 5.95. The maximum absolute atomic E-state index is 12.2. The largest absolute Gasteiger partial charge is 0.504 e. The Morgan fingerprint density at radius 2 is 2.17 bits per heavy atom. The Hall–Kier alpha value is -1.71. The Kier molecular flexibility index (Phi) is 3.45. The number of phenolic OH excluding ortho intramolecular Hbond substituents is 1. The fourth-order valence-electron chi connectivity index (χ4n) is 2.11. The minimum atomic E-state index is -0.0626. The lowest BCUT2D eigenvalue weighted by molar-refractivity contribution is 0.0727. The third-order valence-electron chi connectivity index (χ3n) is 3.66. The Balaban J connectivity index is 2.14. The van der Waals surface area contributed by atoms with E-state index in [1.54, 1.807) is 17.0 Å². The van der Waals surface area contributed by atoms with E-state index in [4.69, 9.17) is 4.74 Å². The second-order valence-electron chi connectivity index (χ2n) is 4.88. The van der Waals surface area contributed by atoms with Gasteiger partial charge in [-0.25, -0.2) is 0 Å². The normalized spacial score (nSPS) is 16.2. The molecule has 1 aromatic carbocycles. The van der Waals surface area contributed by atoms with E-state index < -0.39 is 0 Å². The van der Waals surface area contributed by atoms with Crippen molar-refractivity contribution in [2.75, 3.05) is 14.2 Å². The molecule has 4 nitrogen and oxygen atoms in total. The molecule has 1 amide bonds. The average Bonchev–Trinajstić information content (AvgIpc) is 3.20. The molecule has 0 aromatic heterocycles. The second kappa shape index (κ2) is 4.88. The van der Waals surface area contributed by atoms with Crippen LogP contribution >= 0.6 is 0 Å². The van der Waals surface area contributed by atoms with Crippen molar-refractivity contribution < 1.29 is 14.6 Å². The van der Waals surface area contributed by atoms with Gasteiger partial charge in [0.1, 0.15) is 0 Å². The van der Waals surface area contributed by atoms with Crippen molar-refractivity contribution in [3.8, 4) is 11.5 Å². The predicted molar refractivity (Wildman–Crippen MR) is 68.9 cm³/mol. The lowest BCUT2D eigenvalue weighted by atomic mass is 10.1. The summed E-state index contributed by atoms with van der Waals surface area (Å²) in [5.74, 6) is 0.943. The van der Waals surface area contributed by atoms with Crippen LogP contribution in [0, 0.1) is 5.92 Å². The van der Waals surface area contributed by atoms with E-state index in [1.807, 2.05) is 7.05 Å². The molecule has 0 saturated heterocycles. The van der Waals surface area contributed by atoms with Gasteiger partial charge in [0.15, 0.2) is 11.5 Å². The minimum absolute atomic E-state index is 0.00387. The van der Waals surface area contributed by atoms with E-state index in [-0.39, 0.29) is 17.7 Å². The zero-order valence-electron chi connectivity index (χ0n) is 11.0. The molecule has 4 heteroatoms. The molecule has 1 unspecified atom stereocenters. The predicted octanol–water partition coefficient (Wildman–Crippen LogP) is 2.27. The molecule has 0 bridgehead atoms. The minimum Gasteiger partial charge on any atom is -0.504 e. The van der Waals surface area contributed by atoms with Crippen LogP contribution in [0.4, 0.5) is 0 Å². The molecular weight excluding hydrogens is 230 g/mol. The van der Waals surface area contributed by atoms with Crippen molar-refractivity contribution in [2.24, 2.45) is 5.92 Å². The number of amides is 1. The third kappa shape index (κ3) is 2.42. The number of rotatable bonds is 4. The third-order valence-corrected chi connectivity index (χ3v) is 3.66. The van der Waals surface area contributed by atoms with Crippen molar-refractivity contribution in [3.05, 3.63) is 23.8 Å². The molecule has 1 saturated carbocycles. The van der Waals surface area contributed by atoms with Crippen LogP contribution in [-0.4, -0.2) is 36.1 Å². The molecule has 2 rings (SSSR count). The van der Waals surface area contributed by atoms with Gasteiger partial charge in [0.2, 0.25) is 0 Å². The molecule has 1 aromatic rings. The van der Waals surface area contributed by atoms with E-state index in [0.29, 0.717) is 17.2 Å². The van der Waals surface area contributed by atoms with Crippen LogP contribution in [0.1, 0.15) is 30.1 Å². The van der Waals surface area contributed by atoms with Gasteiger partial charge in [-0.3, -0.25) is 4.79 Å². The van der Waals surface area contributed by atoms with Gasteiger partial charge in [0.25, 0.3) is 5.91 Å². The summed E-state index contributed by atoms with van der Waals surface area (Å²) in [6.07, 6.45) is 2.40. The van der Waals surface area contributed by atoms with Crippen molar-refractivity contribution >= 4 is 5.91 Å². The summed E-state index contributed by atoms with van der Waals surface area (Å²) in [6.45, 7) is 2.07. The number of nitrogens with zero attached hydrogens (tertiary/aromatic N) is 1. The lowest BCUT2D eigenvalue weighted by Crippen LogP contribution is -2.36. The molecule has 18 heavy (non-hydrogen) atoms. The highest BCUT2D eigenvalue weighted by Crippen LogP contribution is 2.35. The van der Waals surface area contributed by atoms with Crippen LogP contribution in [0.15, 0.2) is 18.2 Å². The van der Waals surface area contributed by atoms with Crippen molar-refractivity contribution in [1.29, 1.82) is 0 Å². The van der Waals surface area contributed by atoms with E-state index >= 15 is 0 Å². The standard InChI is InChI=1S/C14H19NO3/c1-9(10-4-5-10)15(2)14(17)11-6-7-13(18-3)12(16)8-11/h6-10,16H,4-5H2,1-3H3. The molecule has 0 heterocycles. The number of benzene rings is 1. The van der Waals surface area contributed by atoms with Crippen molar-refractivity contribution in [3.63, 3.8) is 0 Å². The summed E-state index contributed by atoms with van der Waals surface area (Å²) < 4.78 is 4.96. The van der Waals surface area contributed by atoms with Gasteiger partial charge in [-0.2, -0.15) is 0 Å². The summed E-state index contributed by atoms with van der Waals surface area (Å²) in [4.78, 5) is 14.0. The zero-order valence-corrected chi connectivity index (χ0v) is 11.0. The molecule has 1 atom stereocenters. The summed E-state index contributed by atoms with van der Waals surface area (Å²) in [5, 5.41) is 9.69. The number of carbonyl (C=O) groups excluding carboxylic acids is 1. The molecule has 0 radical (unpaired) electrons. The zero-order chi connectivity index (χ0) is 13.3. The van der Waals surface area contributed by atoms with Crippen molar-refractivity contribution in [1.82, 2.24) is 4.90 Å². The molecule has 1 aliphatic rings. The second-order valence-corrected chi connectivity index (χ2v) is 4.88. The van der Waals surface area contributed by atoms with Gasteiger partial charge in [0, 0.05) is 18.7 Å². The van der Waals surface area contributed by atoms with Gasteiger partial charge >= 0.3 is 0 Å². The summed E-state index contributed by atoms with van der Waals surface area (Å²) in [6, 6.07) is 4.99. The highest BCUT2D eigenvalue weighted by Gasteiger charge is 2.32. The summed E-state index contributed by atoms with van der Waals surface area (Å²) >= 11 is 0. The Labute approximate surface area is 107 Å². The molecular formula is C14H19NO3. The van der Waals surface area contributed by atoms with Gasteiger partial charge in [-0.05, 0) is 43.9 Å². The first-order chi connectivity index (χ1) is 8.54. The smallest absolute Gasteiger partial charge is 0.253 e. The number of ether oxygens (including phenoxy) is 1. The van der Waals surface area contributed by atoms with Crippen LogP contribution in [0.3, 0.4) is 0 Å². The number of aromatic hydroxyl groups is 1. The fourth-order valence-corrected chi connectivity index (χ4v) is 2.11. The molecule has 1 fully saturated rings. The fraction of sp³-hybridized carbons (Fsp3) is 0.500. The van der Waals surface area contributed by atoms with Crippen LogP contribution < -0.4 is 4.74 Å². The molecule has 98 valence electrons. The summed E-state index contributed by atoms with van der Waals surface area (Å²) in [7, 11) is 3.30. The Morgan fingerprint density at radius 3 is 2.67 bits per heavy atom. The van der Waals surface area contributed by atoms with E-state index in [1.165, 1.54) is 26.0 Å². The van der Waals surface area contributed by atoms with Gasteiger partial charge in [0.05, 0.1) is 7.11 Å². The number of phenols is 1. The van der Waals surface area contributed by atoms with Gasteiger partial charge in [-0.15, -0.1) is 0 Å². The van der Waals surface area contributed by atoms with Gasteiger partial charge in [-0.1, -0.05) is 0 Å². The van der Waals surface area contributed by atoms with Crippen LogP contribution in [0.25, 0.3) is 0 Å². The van der Waals surface area contributed by atoms with Crippen LogP contribution in [0.5, 0.6) is 11.5 Å². The average molecular weight is 249 g/mol. The lowest BCUT2D eigenvalue weighted by Gasteiger charge is -2.25. The monoisotopic (exact) mass is 249 g/mol. The maximum Gasteiger partial charge on any atom is 0.253 e. The van der Waals surface area contributed by atoms with Crippen LogP contribution in [-0.2, 0) is 0 Å².